The van der Waals surface area contributed by atoms with E-state index in [2.05, 4.69) is 31.5 Å². The number of aryl methyl sites for hydroxylation is 1. The Kier molecular flexibility index (Phi) is 3.60. The van der Waals surface area contributed by atoms with E-state index in [-0.39, 0.29) is 5.56 Å². The number of aromatic nitrogens is 3. The highest BCUT2D eigenvalue weighted by molar-refractivity contribution is 9.10. The molecule has 0 saturated heterocycles. The summed E-state index contributed by atoms with van der Waals surface area (Å²) >= 11 is 3.34. The van der Waals surface area contributed by atoms with Crippen molar-refractivity contribution in [3.05, 3.63) is 38.5 Å². The summed E-state index contributed by atoms with van der Waals surface area (Å²) in [5.41, 5.74) is 1.36. The van der Waals surface area contributed by atoms with E-state index in [1.165, 1.54) is 17.5 Å². The molecule has 6 nitrogen and oxygen atoms in total. The second kappa shape index (κ2) is 5.40. The minimum absolute atomic E-state index is 0.0989. The fourth-order valence-corrected chi connectivity index (χ4v) is 2.40. The molecule has 1 N–H and O–H groups in total. The number of hydrogen-bond donors (Lipinski definition) is 1. The summed E-state index contributed by atoms with van der Waals surface area (Å²) in [5.74, 6) is 1.38. The average Bonchev–Trinajstić information content (AvgIpc) is 3.15. The van der Waals surface area contributed by atoms with Gasteiger partial charge in [0.05, 0.1) is 18.4 Å². The molecule has 3 rings (SSSR count). The Hall–Kier alpha value is -1.63. The molecule has 1 fully saturated rings. The highest BCUT2D eigenvalue weighted by atomic mass is 79.9. The number of nitrogens with one attached hydrogen (secondary N) is 1. The Morgan fingerprint density at radius 2 is 2.35 bits per heavy atom. The van der Waals surface area contributed by atoms with Gasteiger partial charge in [-0.05, 0) is 41.6 Å². The summed E-state index contributed by atoms with van der Waals surface area (Å²) in [6.07, 6.45) is 4.05. The first kappa shape index (κ1) is 13.4. The van der Waals surface area contributed by atoms with Crippen LogP contribution in [0.3, 0.4) is 0 Å². The summed E-state index contributed by atoms with van der Waals surface area (Å²) in [7, 11) is 0. The molecule has 1 saturated carbocycles. The smallest absolute Gasteiger partial charge is 0.283 e. The van der Waals surface area contributed by atoms with Crippen molar-refractivity contribution in [2.24, 2.45) is 5.92 Å². The van der Waals surface area contributed by atoms with E-state index in [9.17, 15) is 4.79 Å². The lowest BCUT2D eigenvalue weighted by molar-refractivity contribution is 0.391. The zero-order valence-corrected chi connectivity index (χ0v) is 12.7. The van der Waals surface area contributed by atoms with Crippen LogP contribution in [-0.4, -0.2) is 14.9 Å². The van der Waals surface area contributed by atoms with Crippen LogP contribution in [0, 0.1) is 12.8 Å². The van der Waals surface area contributed by atoms with Crippen LogP contribution < -0.4 is 10.9 Å². The summed E-state index contributed by atoms with van der Waals surface area (Å²) in [4.78, 5) is 12.1. The number of nitrogens with zero attached hydrogens (tertiary/aromatic N) is 3. The molecule has 7 heteroatoms. The van der Waals surface area contributed by atoms with Crippen molar-refractivity contribution < 1.29 is 4.52 Å². The molecule has 0 radical (unpaired) electrons. The topological polar surface area (TPSA) is 73.0 Å². The Morgan fingerprint density at radius 1 is 1.55 bits per heavy atom. The van der Waals surface area contributed by atoms with Crippen LogP contribution in [0.1, 0.15) is 24.3 Å². The molecule has 1 aliphatic rings. The van der Waals surface area contributed by atoms with E-state index in [0.29, 0.717) is 29.2 Å². The van der Waals surface area contributed by atoms with Crippen molar-refractivity contribution in [1.82, 2.24) is 14.9 Å². The van der Waals surface area contributed by atoms with Crippen molar-refractivity contribution >= 4 is 21.6 Å². The highest BCUT2D eigenvalue weighted by Crippen LogP contribution is 2.30. The van der Waals surface area contributed by atoms with Gasteiger partial charge in [0.2, 0.25) is 0 Å². The molecule has 20 heavy (non-hydrogen) atoms. The highest BCUT2D eigenvalue weighted by Gasteiger charge is 2.23. The third-order valence-electron chi connectivity index (χ3n) is 3.25. The second-order valence-electron chi connectivity index (χ2n) is 5.09. The molecule has 2 aromatic heterocycles. The summed E-state index contributed by atoms with van der Waals surface area (Å²) in [5, 5.41) is 11.2. The van der Waals surface area contributed by atoms with Gasteiger partial charge in [-0.15, -0.1) is 0 Å². The first-order valence-electron chi connectivity index (χ1n) is 6.55. The van der Waals surface area contributed by atoms with Gasteiger partial charge >= 0.3 is 0 Å². The molecular formula is C13H15BrN4O2. The average molecular weight is 339 g/mol. The quantitative estimate of drug-likeness (QED) is 0.905. The molecule has 0 unspecified atom stereocenters. The third-order valence-corrected chi connectivity index (χ3v) is 4.02. The fraction of sp³-hybridized carbons (Fsp3) is 0.462. The monoisotopic (exact) mass is 338 g/mol. The van der Waals surface area contributed by atoms with E-state index in [1.807, 2.05) is 13.0 Å². The van der Waals surface area contributed by atoms with Crippen LogP contribution in [0.2, 0.25) is 0 Å². The SMILES string of the molecule is Cc1cc(CNc2cnn(CC3CC3)c(=O)c2Br)no1. The number of halogens is 1. The van der Waals surface area contributed by atoms with Crippen LogP contribution in [0.5, 0.6) is 0 Å². The molecular weight excluding hydrogens is 324 g/mol. The van der Waals surface area contributed by atoms with Crippen LogP contribution in [-0.2, 0) is 13.1 Å². The molecule has 0 aliphatic heterocycles. The fourth-order valence-electron chi connectivity index (χ4n) is 1.95. The van der Waals surface area contributed by atoms with E-state index in [4.69, 9.17) is 4.52 Å². The van der Waals surface area contributed by atoms with Crippen molar-refractivity contribution in [2.75, 3.05) is 5.32 Å². The normalized spacial score (nSPS) is 14.5. The van der Waals surface area contributed by atoms with Crippen LogP contribution in [0.25, 0.3) is 0 Å². The lowest BCUT2D eigenvalue weighted by atomic mass is 10.3. The third kappa shape index (κ3) is 2.92. The van der Waals surface area contributed by atoms with Crippen molar-refractivity contribution in [3.8, 4) is 0 Å². The lowest BCUT2D eigenvalue weighted by Crippen LogP contribution is -2.25. The first-order valence-corrected chi connectivity index (χ1v) is 7.34. The molecule has 1 aliphatic carbocycles. The predicted octanol–water partition coefficient (Wildman–Crippen LogP) is 2.32. The Morgan fingerprint density at radius 3 is 3.00 bits per heavy atom. The Bertz CT molecular complexity index is 675. The maximum atomic E-state index is 12.1. The van der Waals surface area contributed by atoms with Gasteiger partial charge in [0.25, 0.3) is 5.56 Å². The van der Waals surface area contributed by atoms with Gasteiger partial charge in [0.15, 0.2) is 0 Å². The summed E-state index contributed by atoms with van der Waals surface area (Å²) in [6, 6.07) is 1.85. The van der Waals surface area contributed by atoms with Gasteiger partial charge in [-0.2, -0.15) is 5.10 Å². The standard InChI is InChI=1S/C13H15BrN4O2/c1-8-4-10(17-20-8)5-15-11-6-16-18(7-9-2-3-9)13(19)12(11)14/h4,6,9,15H,2-3,5,7H2,1H3. The number of anilines is 1. The molecule has 0 spiro atoms. The van der Waals surface area contributed by atoms with Gasteiger partial charge in [-0.1, -0.05) is 5.16 Å². The van der Waals surface area contributed by atoms with Crippen molar-refractivity contribution in [2.45, 2.75) is 32.9 Å². The summed E-state index contributed by atoms with van der Waals surface area (Å²) in [6.45, 7) is 3.04. The number of rotatable bonds is 5. The van der Waals surface area contributed by atoms with E-state index < -0.39 is 0 Å². The van der Waals surface area contributed by atoms with Gasteiger partial charge in [0.1, 0.15) is 15.9 Å². The minimum atomic E-state index is -0.0989. The maximum Gasteiger partial charge on any atom is 0.283 e. The van der Waals surface area contributed by atoms with Crippen molar-refractivity contribution in [3.63, 3.8) is 0 Å². The molecule has 106 valence electrons. The van der Waals surface area contributed by atoms with Gasteiger partial charge < -0.3 is 9.84 Å². The number of hydrogen-bond acceptors (Lipinski definition) is 5. The van der Waals surface area contributed by atoms with Gasteiger partial charge in [-0.3, -0.25) is 4.79 Å². The van der Waals surface area contributed by atoms with Crippen LogP contribution in [0.15, 0.2) is 26.1 Å². The molecule has 2 aromatic rings. The Balaban J connectivity index is 1.73. The largest absolute Gasteiger partial charge is 0.377 e. The zero-order chi connectivity index (χ0) is 14.1. The van der Waals surface area contributed by atoms with Gasteiger partial charge in [0, 0.05) is 12.6 Å². The zero-order valence-electron chi connectivity index (χ0n) is 11.1. The van der Waals surface area contributed by atoms with Crippen LogP contribution >= 0.6 is 15.9 Å². The molecule has 2 heterocycles. The molecule has 0 atom stereocenters. The maximum absolute atomic E-state index is 12.1. The summed E-state index contributed by atoms with van der Waals surface area (Å²) < 4.78 is 7.02. The van der Waals surface area contributed by atoms with E-state index in [0.717, 1.165) is 11.5 Å². The van der Waals surface area contributed by atoms with Crippen LogP contribution in [0.4, 0.5) is 5.69 Å². The molecule has 0 amide bonds. The molecule has 0 bridgehead atoms. The lowest BCUT2D eigenvalue weighted by Gasteiger charge is -2.09. The van der Waals surface area contributed by atoms with Gasteiger partial charge in [-0.25, -0.2) is 4.68 Å². The molecule has 0 aromatic carbocycles. The Labute approximate surface area is 124 Å². The predicted molar refractivity (Wildman–Crippen MR) is 77.5 cm³/mol. The minimum Gasteiger partial charge on any atom is -0.377 e. The second-order valence-corrected chi connectivity index (χ2v) is 5.88. The van der Waals surface area contributed by atoms with Crippen molar-refractivity contribution in [1.29, 1.82) is 0 Å². The van der Waals surface area contributed by atoms with E-state index >= 15 is 0 Å². The first-order chi connectivity index (χ1) is 9.63. The van der Waals surface area contributed by atoms with E-state index in [1.54, 1.807) is 6.20 Å².